The molecule has 0 saturated heterocycles. The lowest BCUT2D eigenvalue weighted by molar-refractivity contribution is 0.304. The predicted molar refractivity (Wildman–Crippen MR) is 104 cm³/mol. The third-order valence-corrected chi connectivity index (χ3v) is 4.80. The molecule has 0 unspecified atom stereocenters. The minimum atomic E-state index is 0.0745. The van der Waals surface area contributed by atoms with Crippen molar-refractivity contribution in [3.05, 3.63) is 67.4 Å². The minimum absolute atomic E-state index is 0.0745. The molecule has 2 aromatic carbocycles. The SMILES string of the molecule is Nc1nnc(CCc2cc(Cl)c(OCc3cccc(Br)c3)c(Br)c2)o1. The van der Waals surface area contributed by atoms with Crippen molar-refractivity contribution in [3.8, 4) is 5.75 Å². The van der Waals surface area contributed by atoms with Crippen LogP contribution >= 0.6 is 43.5 Å². The van der Waals surface area contributed by atoms with Crippen molar-refractivity contribution < 1.29 is 9.15 Å². The van der Waals surface area contributed by atoms with Crippen LogP contribution in [0.5, 0.6) is 5.75 Å². The van der Waals surface area contributed by atoms with Crippen LogP contribution in [-0.2, 0) is 19.4 Å². The first-order valence-corrected chi connectivity index (χ1v) is 9.40. The molecular formula is C17H14Br2ClN3O2. The van der Waals surface area contributed by atoms with Crippen LogP contribution < -0.4 is 10.5 Å². The van der Waals surface area contributed by atoms with Crippen LogP contribution in [-0.4, -0.2) is 10.2 Å². The Morgan fingerprint density at radius 2 is 1.92 bits per heavy atom. The largest absolute Gasteiger partial charge is 0.486 e. The molecule has 25 heavy (non-hydrogen) atoms. The second-order valence-electron chi connectivity index (χ2n) is 5.34. The van der Waals surface area contributed by atoms with Gasteiger partial charge in [-0.25, -0.2) is 0 Å². The first-order chi connectivity index (χ1) is 12.0. The number of rotatable bonds is 6. The predicted octanol–water partition coefficient (Wildman–Crippen LogP) is 5.19. The van der Waals surface area contributed by atoms with Gasteiger partial charge in [-0.05, 0) is 57.7 Å². The number of benzene rings is 2. The lowest BCUT2D eigenvalue weighted by atomic mass is 10.1. The standard InChI is InChI=1S/C17H14Br2ClN3O2/c18-12-3-1-2-11(6-12)9-24-16-13(19)7-10(8-14(16)20)4-5-15-22-23-17(21)25-15/h1-3,6-8H,4-5,9H2,(H2,21,23). The van der Waals surface area contributed by atoms with E-state index in [-0.39, 0.29) is 6.01 Å². The van der Waals surface area contributed by atoms with E-state index in [4.69, 9.17) is 26.5 Å². The van der Waals surface area contributed by atoms with Gasteiger partial charge in [0.25, 0.3) is 0 Å². The van der Waals surface area contributed by atoms with Crippen LogP contribution in [0.4, 0.5) is 6.01 Å². The number of nitrogens with two attached hydrogens (primary N) is 1. The molecule has 0 radical (unpaired) electrons. The van der Waals surface area contributed by atoms with E-state index in [0.29, 0.717) is 36.1 Å². The van der Waals surface area contributed by atoms with Crippen molar-refractivity contribution >= 4 is 49.5 Å². The maximum atomic E-state index is 6.38. The summed E-state index contributed by atoms with van der Waals surface area (Å²) in [5.41, 5.74) is 7.50. The van der Waals surface area contributed by atoms with E-state index in [1.54, 1.807) is 0 Å². The zero-order chi connectivity index (χ0) is 17.8. The summed E-state index contributed by atoms with van der Waals surface area (Å²) in [5, 5.41) is 8.03. The molecule has 8 heteroatoms. The Labute approximate surface area is 166 Å². The number of anilines is 1. The average molecular weight is 488 g/mol. The van der Waals surface area contributed by atoms with Gasteiger partial charge >= 0.3 is 6.01 Å². The summed E-state index contributed by atoms with van der Waals surface area (Å²) >= 11 is 13.4. The molecule has 0 spiro atoms. The number of aromatic nitrogens is 2. The average Bonchev–Trinajstić information content (AvgIpc) is 2.98. The van der Waals surface area contributed by atoms with Gasteiger partial charge in [-0.1, -0.05) is 44.8 Å². The topological polar surface area (TPSA) is 74.2 Å². The van der Waals surface area contributed by atoms with Gasteiger partial charge in [-0.2, -0.15) is 0 Å². The lowest BCUT2D eigenvalue weighted by Gasteiger charge is -2.12. The molecule has 1 heterocycles. The highest BCUT2D eigenvalue weighted by molar-refractivity contribution is 9.10. The summed E-state index contributed by atoms with van der Waals surface area (Å²) in [7, 11) is 0. The maximum Gasteiger partial charge on any atom is 0.312 e. The molecule has 0 bridgehead atoms. The van der Waals surface area contributed by atoms with Crippen molar-refractivity contribution in [3.63, 3.8) is 0 Å². The number of hydrogen-bond donors (Lipinski definition) is 1. The highest BCUT2D eigenvalue weighted by Gasteiger charge is 2.11. The van der Waals surface area contributed by atoms with E-state index in [2.05, 4.69) is 42.1 Å². The summed E-state index contributed by atoms with van der Waals surface area (Å²) in [4.78, 5) is 0. The number of aryl methyl sites for hydroxylation is 2. The Morgan fingerprint density at radius 1 is 1.08 bits per heavy atom. The molecule has 0 aliphatic carbocycles. The van der Waals surface area contributed by atoms with E-state index in [9.17, 15) is 0 Å². The van der Waals surface area contributed by atoms with Crippen LogP contribution in [0.25, 0.3) is 0 Å². The third-order valence-electron chi connectivity index (χ3n) is 3.44. The molecule has 0 aliphatic rings. The Bertz CT molecular complexity index is 863. The monoisotopic (exact) mass is 485 g/mol. The Balaban J connectivity index is 1.67. The first kappa shape index (κ1) is 18.2. The van der Waals surface area contributed by atoms with Crippen molar-refractivity contribution in [2.24, 2.45) is 0 Å². The lowest BCUT2D eigenvalue weighted by Crippen LogP contribution is -1.98. The van der Waals surface area contributed by atoms with Crippen molar-refractivity contribution in [1.82, 2.24) is 10.2 Å². The summed E-state index contributed by atoms with van der Waals surface area (Å²) in [6.07, 6.45) is 1.29. The van der Waals surface area contributed by atoms with Gasteiger partial charge in [-0.3, -0.25) is 0 Å². The van der Waals surface area contributed by atoms with E-state index in [0.717, 1.165) is 20.1 Å². The molecule has 5 nitrogen and oxygen atoms in total. The van der Waals surface area contributed by atoms with E-state index in [1.165, 1.54) is 0 Å². The van der Waals surface area contributed by atoms with Crippen LogP contribution in [0.15, 0.2) is 49.8 Å². The smallest absolute Gasteiger partial charge is 0.312 e. The van der Waals surface area contributed by atoms with Crippen LogP contribution in [0, 0.1) is 0 Å². The molecule has 2 N–H and O–H groups in total. The normalized spacial score (nSPS) is 10.8. The summed E-state index contributed by atoms with van der Waals surface area (Å²) < 4.78 is 12.9. The summed E-state index contributed by atoms with van der Waals surface area (Å²) in [6.45, 7) is 0.429. The third kappa shape index (κ3) is 4.96. The fourth-order valence-corrected chi connectivity index (χ4v) is 3.78. The summed E-state index contributed by atoms with van der Waals surface area (Å²) in [6, 6.07) is 11.9. The fourth-order valence-electron chi connectivity index (χ4n) is 2.30. The zero-order valence-corrected chi connectivity index (χ0v) is 16.9. The van der Waals surface area contributed by atoms with E-state index >= 15 is 0 Å². The van der Waals surface area contributed by atoms with Crippen molar-refractivity contribution in [2.45, 2.75) is 19.4 Å². The molecule has 0 aliphatic heterocycles. The van der Waals surface area contributed by atoms with Crippen LogP contribution in [0.1, 0.15) is 17.0 Å². The van der Waals surface area contributed by atoms with Crippen LogP contribution in [0.3, 0.4) is 0 Å². The van der Waals surface area contributed by atoms with E-state index < -0.39 is 0 Å². The molecule has 130 valence electrons. The molecule has 3 rings (SSSR count). The fraction of sp³-hybridized carbons (Fsp3) is 0.176. The second-order valence-corrected chi connectivity index (χ2v) is 7.52. The zero-order valence-electron chi connectivity index (χ0n) is 13.0. The quantitative estimate of drug-likeness (QED) is 0.518. The van der Waals surface area contributed by atoms with Crippen LogP contribution in [0.2, 0.25) is 5.02 Å². The van der Waals surface area contributed by atoms with Gasteiger partial charge in [0.15, 0.2) is 5.75 Å². The van der Waals surface area contributed by atoms with Crippen molar-refractivity contribution in [1.29, 1.82) is 0 Å². The number of nitrogen functional groups attached to an aromatic ring is 1. The number of hydrogen-bond acceptors (Lipinski definition) is 5. The van der Waals surface area contributed by atoms with Gasteiger partial charge in [0.1, 0.15) is 6.61 Å². The highest BCUT2D eigenvalue weighted by Crippen LogP contribution is 2.35. The van der Waals surface area contributed by atoms with Gasteiger partial charge in [0, 0.05) is 10.9 Å². The maximum absolute atomic E-state index is 6.38. The molecule has 3 aromatic rings. The first-order valence-electron chi connectivity index (χ1n) is 7.44. The van der Waals surface area contributed by atoms with Gasteiger partial charge in [0.05, 0.1) is 9.50 Å². The van der Waals surface area contributed by atoms with Gasteiger partial charge in [-0.15, -0.1) is 5.10 Å². The minimum Gasteiger partial charge on any atom is -0.486 e. The Morgan fingerprint density at radius 3 is 2.60 bits per heavy atom. The van der Waals surface area contributed by atoms with Gasteiger partial charge < -0.3 is 14.9 Å². The Hall–Kier alpha value is -1.57. The summed E-state index contributed by atoms with van der Waals surface area (Å²) in [5.74, 6) is 1.12. The Kier molecular flexibility index (Phi) is 5.98. The molecule has 0 fully saturated rings. The molecular weight excluding hydrogens is 473 g/mol. The second kappa shape index (κ2) is 8.21. The van der Waals surface area contributed by atoms with E-state index in [1.807, 2.05) is 36.4 Å². The molecule has 0 amide bonds. The molecule has 0 atom stereocenters. The number of halogens is 3. The number of ether oxygens (including phenoxy) is 1. The molecule has 0 saturated carbocycles. The van der Waals surface area contributed by atoms with Gasteiger partial charge in [0.2, 0.25) is 5.89 Å². The number of nitrogens with zero attached hydrogens (tertiary/aromatic N) is 2. The van der Waals surface area contributed by atoms with Crippen molar-refractivity contribution in [2.75, 3.05) is 5.73 Å². The molecule has 1 aromatic heterocycles. The highest BCUT2D eigenvalue weighted by atomic mass is 79.9.